The van der Waals surface area contributed by atoms with Gasteiger partial charge in [0.05, 0.1) is 7.11 Å². The molecule has 1 atom stereocenters. The Bertz CT molecular complexity index is 410. The lowest BCUT2D eigenvalue weighted by atomic mass is 9.94. The van der Waals surface area contributed by atoms with Gasteiger partial charge in [-0.3, -0.25) is 0 Å². The molecule has 2 rings (SSSR count). The number of methoxy groups -OCH3 is 1. The molecule has 0 amide bonds. The fourth-order valence-electron chi connectivity index (χ4n) is 1.49. The molecule has 0 saturated heterocycles. The van der Waals surface area contributed by atoms with Crippen molar-refractivity contribution in [2.75, 3.05) is 7.11 Å². The maximum absolute atomic E-state index is 9.76. The zero-order chi connectivity index (χ0) is 10.1. The molecule has 1 aromatic rings. The normalized spacial score (nSPS) is 19.3. The van der Waals surface area contributed by atoms with E-state index in [2.05, 4.69) is 0 Å². The van der Waals surface area contributed by atoms with Gasteiger partial charge >= 0.3 is 0 Å². The third-order valence-electron chi connectivity index (χ3n) is 2.29. The quantitative estimate of drug-likeness (QED) is 0.714. The number of aliphatic hydroxyl groups excluding tert-OH is 1. The van der Waals surface area contributed by atoms with Crippen LogP contribution in [0.3, 0.4) is 0 Å². The van der Waals surface area contributed by atoms with Gasteiger partial charge in [0, 0.05) is 4.86 Å². The summed E-state index contributed by atoms with van der Waals surface area (Å²) in [4.78, 5) is 0.558. The van der Waals surface area contributed by atoms with Crippen LogP contribution < -0.4 is 4.74 Å². The molecule has 3 heteroatoms. The monoisotopic (exact) mass is 206 g/mol. The zero-order valence-corrected chi connectivity index (χ0v) is 8.54. The van der Waals surface area contributed by atoms with E-state index in [4.69, 9.17) is 17.0 Å². The minimum Gasteiger partial charge on any atom is -0.497 e. The molecule has 1 unspecified atom stereocenters. The average molecular weight is 206 g/mol. The number of aliphatic hydroxyl groups is 1. The Morgan fingerprint density at radius 3 is 2.86 bits per heavy atom. The number of hydrogen-bond donors (Lipinski definition) is 1. The lowest BCUT2D eigenvalue weighted by Gasteiger charge is -2.18. The number of hydrogen-bond acceptors (Lipinski definition) is 3. The Kier molecular flexibility index (Phi) is 2.35. The Morgan fingerprint density at radius 2 is 2.14 bits per heavy atom. The molecule has 0 radical (unpaired) electrons. The first-order chi connectivity index (χ1) is 6.72. The van der Waals surface area contributed by atoms with Gasteiger partial charge < -0.3 is 9.84 Å². The molecule has 1 N–H and O–H groups in total. The summed E-state index contributed by atoms with van der Waals surface area (Å²) in [6.07, 6.45) is 2.99. The first kappa shape index (κ1) is 9.37. The van der Waals surface area contributed by atoms with Crippen LogP contribution in [0.25, 0.3) is 6.08 Å². The molecule has 72 valence electrons. The van der Waals surface area contributed by atoms with E-state index in [1.165, 1.54) is 0 Å². The summed E-state index contributed by atoms with van der Waals surface area (Å²) < 4.78 is 5.09. The highest BCUT2D eigenvalue weighted by Crippen LogP contribution is 2.29. The van der Waals surface area contributed by atoms with E-state index in [9.17, 15) is 5.11 Å². The van der Waals surface area contributed by atoms with Crippen molar-refractivity contribution in [3.63, 3.8) is 0 Å². The van der Waals surface area contributed by atoms with Crippen LogP contribution in [0.4, 0.5) is 0 Å². The van der Waals surface area contributed by atoms with E-state index >= 15 is 0 Å². The summed E-state index contributed by atoms with van der Waals surface area (Å²) in [5, 5.41) is 9.76. The number of ether oxygens (including phenoxy) is 1. The Morgan fingerprint density at radius 1 is 1.36 bits per heavy atom. The smallest absolute Gasteiger partial charge is 0.119 e. The molecule has 0 aromatic heterocycles. The van der Waals surface area contributed by atoms with Crippen LogP contribution in [0, 0.1) is 0 Å². The number of rotatable bonds is 1. The van der Waals surface area contributed by atoms with Crippen molar-refractivity contribution < 1.29 is 9.84 Å². The first-order valence-electron chi connectivity index (χ1n) is 4.30. The minimum absolute atomic E-state index is 0.558. The number of thiocarbonyl (C=S) groups is 1. The average Bonchev–Trinajstić information content (AvgIpc) is 2.23. The SMILES string of the molecule is COc1ccc2c(c1)C=CC(=S)C2O. The summed E-state index contributed by atoms with van der Waals surface area (Å²) in [5.41, 5.74) is 1.81. The lowest BCUT2D eigenvalue weighted by Crippen LogP contribution is -2.12. The van der Waals surface area contributed by atoms with Gasteiger partial charge in [0.2, 0.25) is 0 Å². The minimum atomic E-state index is -0.657. The molecular formula is C11H10O2S. The Labute approximate surface area is 87.8 Å². The molecule has 0 spiro atoms. The summed E-state index contributed by atoms with van der Waals surface area (Å²) in [7, 11) is 1.62. The molecule has 0 fully saturated rings. The highest BCUT2D eigenvalue weighted by Gasteiger charge is 2.18. The predicted molar refractivity (Wildman–Crippen MR) is 59.6 cm³/mol. The second-order valence-electron chi connectivity index (χ2n) is 3.13. The molecule has 0 heterocycles. The van der Waals surface area contributed by atoms with Crippen molar-refractivity contribution in [3.8, 4) is 5.75 Å². The van der Waals surface area contributed by atoms with Crippen molar-refractivity contribution in [1.29, 1.82) is 0 Å². The van der Waals surface area contributed by atoms with Crippen LogP contribution in [0.2, 0.25) is 0 Å². The van der Waals surface area contributed by atoms with Crippen molar-refractivity contribution >= 4 is 23.2 Å². The van der Waals surface area contributed by atoms with Crippen molar-refractivity contribution in [2.24, 2.45) is 0 Å². The van der Waals surface area contributed by atoms with E-state index in [1.54, 1.807) is 13.2 Å². The van der Waals surface area contributed by atoms with Crippen LogP contribution in [0.15, 0.2) is 24.3 Å². The molecule has 0 aliphatic heterocycles. The highest BCUT2D eigenvalue weighted by molar-refractivity contribution is 7.80. The lowest BCUT2D eigenvalue weighted by molar-refractivity contribution is 0.250. The van der Waals surface area contributed by atoms with Crippen LogP contribution in [0.5, 0.6) is 5.75 Å². The van der Waals surface area contributed by atoms with Crippen molar-refractivity contribution in [2.45, 2.75) is 6.10 Å². The molecule has 2 nitrogen and oxygen atoms in total. The molecule has 0 saturated carbocycles. The van der Waals surface area contributed by atoms with Crippen molar-refractivity contribution in [1.82, 2.24) is 0 Å². The van der Waals surface area contributed by atoms with Gasteiger partial charge in [-0.2, -0.15) is 0 Å². The maximum Gasteiger partial charge on any atom is 0.119 e. The van der Waals surface area contributed by atoms with Gasteiger partial charge in [-0.05, 0) is 29.3 Å². The standard InChI is InChI=1S/C11H10O2S/c1-13-8-3-4-9-7(6-8)2-5-10(14)11(9)12/h2-6,11-12H,1H3. The van der Waals surface area contributed by atoms with Gasteiger partial charge in [0.25, 0.3) is 0 Å². The summed E-state index contributed by atoms with van der Waals surface area (Å²) in [6.45, 7) is 0. The molecule has 14 heavy (non-hydrogen) atoms. The Hall–Kier alpha value is -1.19. The second-order valence-corrected chi connectivity index (χ2v) is 3.60. The van der Waals surface area contributed by atoms with E-state index in [0.717, 1.165) is 16.9 Å². The summed E-state index contributed by atoms with van der Waals surface area (Å²) in [5.74, 6) is 0.786. The number of benzene rings is 1. The topological polar surface area (TPSA) is 29.5 Å². The summed E-state index contributed by atoms with van der Waals surface area (Å²) >= 11 is 5.00. The maximum atomic E-state index is 9.76. The van der Waals surface area contributed by atoms with Crippen LogP contribution in [-0.2, 0) is 0 Å². The van der Waals surface area contributed by atoms with Crippen LogP contribution in [-0.4, -0.2) is 17.1 Å². The molecular weight excluding hydrogens is 196 g/mol. The van der Waals surface area contributed by atoms with Crippen LogP contribution in [0.1, 0.15) is 17.2 Å². The molecule has 1 aliphatic carbocycles. The highest BCUT2D eigenvalue weighted by atomic mass is 32.1. The molecule has 1 aliphatic rings. The van der Waals surface area contributed by atoms with Gasteiger partial charge in [0.15, 0.2) is 0 Å². The van der Waals surface area contributed by atoms with E-state index in [1.807, 2.05) is 24.3 Å². The Balaban J connectivity index is 2.51. The van der Waals surface area contributed by atoms with E-state index < -0.39 is 6.10 Å². The second kappa shape index (κ2) is 3.52. The predicted octanol–water partition coefficient (Wildman–Crippen LogP) is 2.13. The fraction of sp³-hybridized carbons (Fsp3) is 0.182. The largest absolute Gasteiger partial charge is 0.497 e. The zero-order valence-electron chi connectivity index (χ0n) is 7.73. The third-order valence-corrected chi connectivity index (χ3v) is 2.64. The van der Waals surface area contributed by atoms with Gasteiger partial charge in [-0.1, -0.05) is 24.4 Å². The van der Waals surface area contributed by atoms with E-state index in [-0.39, 0.29) is 0 Å². The fourth-order valence-corrected chi connectivity index (χ4v) is 1.68. The van der Waals surface area contributed by atoms with Gasteiger partial charge in [0.1, 0.15) is 11.9 Å². The van der Waals surface area contributed by atoms with Crippen molar-refractivity contribution in [3.05, 3.63) is 35.4 Å². The molecule has 1 aromatic carbocycles. The van der Waals surface area contributed by atoms with Gasteiger partial charge in [-0.15, -0.1) is 0 Å². The molecule has 0 bridgehead atoms. The first-order valence-corrected chi connectivity index (χ1v) is 4.71. The summed E-state index contributed by atoms with van der Waals surface area (Å²) in [6, 6.07) is 5.55. The number of fused-ring (bicyclic) bond motifs is 1. The van der Waals surface area contributed by atoms with E-state index in [0.29, 0.717) is 4.86 Å². The van der Waals surface area contributed by atoms with Gasteiger partial charge in [-0.25, -0.2) is 0 Å². The van der Waals surface area contributed by atoms with Crippen LogP contribution >= 0.6 is 12.2 Å². The third kappa shape index (κ3) is 1.45.